The topological polar surface area (TPSA) is 35.5 Å². The summed E-state index contributed by atoms with van der Waals surface area (Å²) in [5.41, 5.74) is 5.67. The quantitative estimate of drug-likeness (QED) is 0.182. The molecule has 2 aromatic heterocycles. The van der Waals surface area contributed by atoms with Crippen molar-refractivity contribution in [3.05, 3.63) is 70.0 Å². The molecule has 0 atom stereocenters. The lowest BCUT2D eigenvalue weighted by Gasteiger charge is -2.43. The third-order valence-electron chi connectivity index (χ3n) is 7.53. The summed E-state index contributed by atoms with van der Waals surface area (Å²) in [6, 6.07) is 20.5. The van der Waals surface area contributed by atoms with Crippen LogP contribution in [0.2, 0.25) is 16.6 Å². The van der Waals surface area contributed by atoms with E-state index in [9.17, 15) is 0 Å². The van der Waals surface area contributed by atoms with E-state index in [1.54, 1.807) is 7.11 Å². The largest absolute Gasteiger partial charge is 0.497 e. The highest BCUT2D eigenvalue weighted by molar-refractivity contribution is 9.10. The van der Waals surface area contributed by atoms with E-state index in [0.717, 1.165) is 44.2 Å². The van der Waals surface area contributed by atoms with E-state index in [0.29, 0.717) is 21.3 Å². The average Bonchev–Trinajstić information content (AvgIpc) is 3.39. The number of hydrogen-bond acceptors (Lipinski definition) is 3. The molecule has 0 saturated heterocycles. The van der Waals surface area contributed by atoms with Gasteiger partial charge in [-0.05, 0) is 72.2 Å². The van der Waals surface area contributed by atoms with Gasteiger partial charge in [-0.2, -0.15) is 0 Å². The van der Waals surface area contributed by atoms with Crippen LogP contribution in [0, 0.1) is 0 Å². The second-order valence-corrected chi connectivity index (χ2v) is 17.6. The maximum absolute atomic E-state index is 6.64. The predicted octanol–water partition coefficient (Wildman–Crippen LogP) is 10.3. The summed E-state index contributed by atoms with van der Waals surface area (Å²) >= 11 is 7.54. The molecule has 36 heavy (non-hydrogen) atoms. The first-order valence-electron chi connectivity index (χ1n) is 12.4. The average molecular weight is 630 g/mol. The molecule has 0 aliphatic rings. The van der Waals surface area contributed by atoms with Gasteiger partial charge in [0.2, 0.25) is 0 Å². The van der Waals surface area contributed by atoms with Crippen molar-refractivity contribution in [2.24, 2.45) is 0 Å². The summed E-state index contributed by atoms with van der Waals surface area (Å²) in [6.07, 6.45) is 0. The van der Waals surface area contributed by atoms with Gasteiger partial charge in [0.1, 0.15) is 25.3 Å². The summed E-state index contributed by atoms with van der Waals surface area (Å²) in [7, 11) is -0.468. The zero-order chi connectivity index (χ0) is 26.2. The predicted molar refractivity (Wildman–Crippen MR) is 160 cm³/mol. The molecule has 0 bridgehead atoms. The number of hydrogen-bond donors (Lipinski definition) is 0. The van der Waals surface area contributed by atoms with E-state index < -0.39 is 8.07 Å². The smallest absolute Gasteiger partial charge is 0.170 e. The molecule has 2 heterocycles. The van der Waals surface area contributed by atoms with Gasteiger partial charge in [-0.15, -0.1) is 0 Å². The van der Waals surface area contributed by atoms with Crippen molar-refractivity contribution in [3.8, 4) is 39.5 Å². The highest BCUT2D eigenvalue weighted by Crippen LogP contribution is 2.50. The molecule has 0 aliphatic carbocycles. The zero-order valence-electron chi connectivity index (χ0n) is 22.0. The fourth-order valence-electron chi connectivity index (χ4n) is 6.20. The fourth-order valence-corrected chi connectivity index (χ4v) is 14.8. The Hall–Kier alpha value is -2.02. The van der Waals surface area contributed by atoms with Gasteiger partial charge in [-0.25, -0.2) is 0 Å². The van der Waals surface area contributed by atoms with Crippen molar-refractivity contribution in [3.63, 3.8) is 0 Å². The van der Waals surface area contributed by atoms with Crippen LogP contribution in [0.5, 0.6) is 5.75 Å². The van der Waals surface area contributed by atoms with Gasteiger partial charge in [0.05, 0.1) is 12.7 Å². The number of rotatable bonds is 8. The standard InChI is InChI=1S/C30H34Br2O3Si/c1-18(2)36(19(3)4,20(5)6)29-26(27(35-30(29)32)22-11-9-8-10-12-22)28-24(17-25(31)34-28)21-13-15-23(33-7)16-14-21/h8-20H,1-7H3. The van der Waals surface area contributed by atoms with Crippen LogP contribution in [-0.2, 0) is 0 Å². The van der Waals surface area contributed by atoms with Crippen LogP contribution in [0.15, 0.2) is 78.8 Å². The lowest BCUT2D eigenvalue weighted by atomic mass is 10.00. The Morgan fingerprint density at radius 1 is 0.722 bits per heavy atom. The monoisotopic (exact) mass is 628 g/mol. The van der Waals surface area contributed by atoms with Crippen molar-refractivity contribution in [1.82, 2.24) is 0 Å². The highest BCUT2D eigenvalue weighted by Gasteiger charge is 2.50. The Bertz CT molecular complexity index is 1300. The third kappa shape index (κ3) is 4.57. The summed E-state index contributed by atoms with van der Waals surface area (Å²) < 4.78 is 20.0. The Morgan fingerprint density at radius 3 is 1.83 bits per heavy atom. The Morgan fingerprint density at radius 2 is 1.31 bits per heavy atom. The van der Waals surface area contributed by atoms with Gasteiger partial charge in [-0.1, -0.05) is 84.0 Å². The van der Waals surface area contributed by atoms with Gasteiger partial charge in [0.25, 0.3) is 0 Å². The van der Waals surface area contributed by atoms with Crippen LogP contribution < -0.4 is 9.92 Å². The van der Waals surface area contributed by atoms with Crippen LogP contribution >= 0.6 is 31.9 Å². The lowest BCUT2D eigenvalue weighted by Crippen LogP contribution is -2.56. The minimum atomic E-state index is -2.15. The SMILES string of the molecule is COc1ccc(-c2cc(Br)oc2-c2c(-c3ccccc3)oc(Br)c2[Si](C(C)C)(C(C)C)C(C)C)cc1. The van der Waals surface area contributed by atoms with Gasteiger partial charge < -0.3 is 13.6 Å². The van der Waals surface area contributed by atoms with E-state index >= 15 is 0 Å². The van der Waals surface area contributed by atoms with Gasteiger partial charge in [-0.3, -0.25) is 0 Å². The molecule has 2 aromatic carbocycles. The Kier molecular flexibility index (Phi) is 8.08. The molecular formula is C30H34Br2O3Si. The van der Waals surface area contributed by atoms with E-state index in [4.69, 9.17) is 13.6 Å². The molecule has 190 valence electrons. The number of furan rings is 2. The van der Waals surface area contributed by atoms with Crippen LogP contribution in [0.25, 0.3) is 33.8 Å². The minimum Gasteiger partial charge on any atom is -0.497 e. The number of halogens is 2. The summed E-state index contributed by atoms with van der Waals surface area (Å²) in [4.78, 5) is 0. The molecule has 0 saturated carbocycles. The summed E-state index contributed by atoms with van der Waals surface area (Å²) in [5, 5.41) is 1.30. The molecule has 0 unspecified atom stereocenters. The lowest BCUT2D eigenvalue weighted by molar-refractivity contribution is 0.415. The highest BCUT2D eigenvalue weighted by atomic mass is 79.9. The molecule has 0 N–H and O–H groups in total. The fraction of sp³-hybridized carbons (Fsp3) is 0.333. The van der Waals surface area contributed by atoms with Gasteiger partial charge in [0.15, 0.2) is 9.34 Å². The summed E-state index contributed by atoms with van der Waals surface area (Å²) in [5.74, 6) is 2.49. The molecule has 0 fully saturated rings. The zero-order valence-corrected chi connectivity index (χ0v) is 26.2. The molecule has 0 aliphatic heterocycles. The Labute approximate surface area is 232 Å². The second kappa shape index (κ2) is 10.8. The molecule has 3 nitrogen and oxygen atoms in total. The molecule has 0 amide bonds. The second-order valence-electron chi connectivity index (χ2n) is 10.2. The third-order valence-corrected chi connectivity index (χ3v) is 15.9. The Balaban J connectivity index is 2.12. The van der Waals surface area contributed by atoms with E-state index in [-0.39, 0.29) is 0 Å². The van der Waals surface area contributed by atoms with E-state index in [2.05, 4.69) is 116 Å². The van der Waals surface area contributed by atoms with E-state index in [1.807, 2.05) is 18.2 Å². The molecule has 0 spiro atoms. The molecule has 6 heteroatoms. The van der Waals surface area contributed by atoms with Crippen molar-refractivity contribution in [2.75, 3.05) is 7.11 Å². The van der Waals surface area contributed by atoms with Gasteiger partial charge in [0, 0.05) is 16.3 Å². The van der Waals surface area contributed by atoms with Crippen LogP contribution in [0.1, 0.15) is 41.5 Å². The maximum atomic E-state index is 6.64. The van der Waals surface area contributed by atoms with Gasteiger partial charge >= 0.3 is 0 Å². The van der Waals surface area contributed by atoms with Crippen LogP contribution in [0.3, 0.4) is 0 Å². The summed E-state index contributed by atoms with van der Waals surface area (Å²) in [6.45, 7) is 14.3. The van der Waals surface area contributed by atoms with Crippen molar-refractivity contribution >= 4 is 45.1 Å². The number of ether oxygens (including phenoxy) is 1. The van der Waals surface area contributed by atoms with Crippen molar-refractivity contribution in [1.29, 1.82) is 0 Å². The minimum absolute atomic E-state index is 0.497. The van der Waals surface area contributed by atoms with Crippen molar-refractivity contribution < 1.29 is 13.6 Å². The first-order valence-corrected chi connectivity index (χ1v) is 16.3. The molecule has 4 aromatic rings. The molecule has 4 rings (SSSR count). The van der Waals surface area contributed by atoms with Crippen LogP contribution in [-0.4, -0.2) is 15.2 Å². The van der Waals surface area contributed by atoms with Crippen LogP contribution in [0.4, 0.5) is 0 Å². The number of benzene rings is 2. The molecular weight excluding hydrogens is 596 g/mol. The van der Waals surface area contributed by atoms with E-state index in [1.165, 1.54) is 5.19 Å². The molecule has 0 radical (unpaired) electrons. The first kappa shape index (κ1) is 27.0. The maximum Gasteiger partial charge on any atom is 0.170 e. The first-order chi connectivity index (χ1) is 17.1. The normalized spacial score (nSPS) is 12.2. The van der Waals surface area contributed by atoms with Crippen molar-refractivity contribution in [2.45, 2.75) is 58.2 Å². The number of methoxy groups -OCH3 is 1.